The van der Waals surface area contributed by atoms with Crippen LogP contribution in [0.4, 0.5) is 4.39 Å². The van der Waals surface area contributed by atoms with Crippen LogP contribution in [0.5, 0.6) is 0 Å². The number of hydrogen-bond acceptors (Lipinski definition) is 3. The summed E-state index contributed by atoms with van der Waals surface area (Å²) in [5, 5.41) is 9.32. The minimum atomic E-state index is -1.04. The van der Waals surface area contributed by atoms with E-state index in [1.165, 1.54) is 30.3 Å². The lowest BCUT2D eigenvalue weighted by Crippen LogP contribution is -1.99. The third-order valence-corrected chi connectivity index (χ3v) is 3.29. The van der Waals surface area contributed by atoms with Gasteiger partial charge in [0.25, 0.3) is 0 Å². The van der Waals surface area contributed by atoms with Crippen molar-refractivity contribution in [1.82, 2.24) is 0 Å². The Balaban J connectivity index is 1.94. The summed E-state index contributed by atoms with van der Waals surface area (Å²) in [7, 11) is 0. The average Bonchev–Trinajstić information content (AvgIpc) is 2.96. The number of ketones is 1. The first-order valence-corrected chi connectivity index (χ1v) is 6.78. The van der Waals surface area contributed by atoms with E-state index in [1.54, 1.807) is 24.3 Å². The number of carbonyl (C=O) groups excluding carboxylic acids is 1. The zero-order chi connectivity index (χ0) is 16.4. The van der Waals surface area contributed by atoms with Gasteiger partial charge in [0.2, 0.25) is 5.78 Å². The standard InChI is InChI=1S/C18H11FO4/c19-14-5-3-12(4-6-14)18(22)16-10-13-9-11(2-8-17(20)21)1-7-15(13)23-16/h1-10H,(H,20,21)/b8-2+. The highest BCUT2D eigenvalue weighted by molar-refractivity contribution is 6.09. The molecule has 1 aromatic heterocycles. The summed E-state index contributed by atoms with van der Waals surface area (Å²) in [5.41, 5.74) is 1.53. The molecule has 5 heteroatoms. The van der Waals surface area contributed by atoms with Crippen LogP contribution < -0.4 is 0 Å². The molecule has 2 aromatic carbocycles. The van der Waals surface area contributed by atoms with E-state index >= 15 is 0 Å². The fourth-order valence-electron chi connectivity index (χ4n) is 2.19. The molecule has 0 fully saturated rings. The minimum Gasteiger partial charge on any atom is -0.478 e. The first-order chi connectivity index (χ1) is 11.0. The smallest absolute Gasteiger partial charge is 0.328 e. The number of aliphatic carboxylic acids is 1. The van der Waals surface area contributed by atoms with Gasteiger partial charge in [-0.05, 0) is 54.1 Å². The molecule has 0 aliphatic heterocycles. The molecular weight excluding hydrogens is 299 g/mol. The van der Waals surface area contributed by atoms with Gasteiger partial charge in [-0.2, -0.15) is 0 Å². The molecule has 0 unspecified atom stereocenters. The Bertz CT molecular complexity index is 920. The lowest BCUT2D eigenvalue weighted by atomic mass is 10.1. The van der Waals surface area contributed by atoms with E-state index in [0.717, 1.165) is 6.08 Å². The topological polar surface area (TPSA) is 67.5 Å². The molecule has 0 amide bonds. The summed E-state index contributed by atoms with van der Waals surface area (Å²) in [5.74, 6) is -1.65. The van der Waals surface area contributed by atoms with Crippen LogP contribution in [-0.4, -0.2) is 16.9 Å². The number of carbonyl (C=O) groups is 2. The molecule has 3 rings (SSSR count). The Morgan fingerprint density at radius 2 is 1.78 bits per heavy atom. The van der Waals surface area contributed by atoms with E-state index < -0.39 is 11.8 Å². The van der Waals surface area contributed by atoms with Crippen LogP contribution >= 0.6 is 0 Å². The summed E-state index contributed by atoms with van der Waals surface area (Å²) in [6.45, 7) is 0. The van der Waals surface area contributed by atoms with Crippen molar-refractivity contribution in [3.05, 3.63) is 77.3 Å². The second-order valence-electron chi connectivity index (χ2n) is 4.92. The lowest BCUT2D eigenvalue weighted by molar-refractivity contribution is -0.131. The summed E-state index contributed by atoms with van der Waals surface area (Å²) in [6, 6.07) is 11.9. The maximum atomic E-state index is 12.9. The number of hydrogen-bond donors (Lipinski definition) is 1. The van der Waals surface area contributed by atoms with Crippen LogP contribution in [0.25, 0.3) is 17.0 Å². The van der Waals surface area contributed by atoms with Gasteiger partial charge in [-0.15, -0.1) is 0 Å². The fraction of sp³-hybridized carbons (Fsp3) is 0. The Labute approximate surface area is 130 Å². The van der Waals surface area contributed by atoms with Crippen molar-refractivity contribution in [2.24, 2.45) is 0 Å². The van der Waals surface area contributed by atoms with Gasteiger partial charge in [0, 0.05) is 17.0 Å². The van der Waals surface area contributed by atoms with Crippen molar-refractivity contribution in [3.8, 4) is 0 Å². The van der Waals surface area contributed by atoms with Crippen LogP contribution in [0, 0.1) is 5.82 Å². The molecule has 1 N–H and O–H groups in total. The zero-order valence-corrected chi connectivity index (χ0v) is 11.8. The van der Waals surface area contributed by atoms with Gasteiger partial charge in [0.05, 0.1) is 0 Å². The molecule has 0 bridgehead atoms. The van der Waals surface area contributed by atoms with Crippen molar-refractivity contribution < 1.29 is 23.5 Å². The first kappa shape index (κ1) is 14.7. The monoisotopic (exact) mass is 310 g/mol. The van der Waals surface area contributed by atoms with Gasteiger partial charge < -0.3 is 9.52 Å². The Morgan fingerprint density at radius 1 is 1.04 bits per heavy atom. The van der Waals surface area contributed by atoms with Gasteiger partial charge >= 0.3 is 5.97 Å². The maximum Gasteiger partial charge on any atom is 0.328 e. The molecule has 0 saturated heterocycles. The molecule has 0 aliphatic rings. The molecule has 1 heterocycles. The van der Waals surface area contributed by atoms with E-state index in [2.05, 4.69) is 0 Å². The molecule has 0 atom stereocenters. The number of halogens is 1. The highest BCUT2D eigenvalue weighted by Gasteiger charge is 2.14. The van der Waals surface area contributed by atoms with Crippen LogP contribution in [0.15, 0.2) is 59.0 Å². The molecule has 23 heavy (non-hydrogen) atoms. The Kier molecular flexibility index (Phi) is 3.76. The van der Waals surface area contributed by atoms with E-state index in [0.29, 0.717) is 22.1 Å². The van der Waals surface area contributed by atoms with Crippen molar-refractivity contribution in [3.63, 3.8) is 0 Å². The number of fused-ring (bicyclic) bond motifs is 1. The molecule has 3 aromatic rings. The predicted molar refractivity (Wildman–Crippen MR) is 82.7 cm³/mol. The van der Waals surface area contributed by atoms with Gasteiger partial charge in [0.1, 0.15) is 11.4 Å². The molecular formula is C18H11FO4. The van der Waals surface area contributed by atoms with Crippen molar-refractivity contribution in [2.45, 2.75) is 0 Å². The van der Waals surface area contributed by atoms with Crippen LogP contribution in [0.1, 0.15) is 21.7 Å². The summed E-state index contributed by atoms with van der Waals surface area (Å²) >= 11 is 0. The van der Waals surface area contributed by atoms with Gasteiger partial charge in [-0.3, -0.25) is 4.79 Å². The second-order valence-corrected chi connectivity index (χ2v) is 4.92. The van der Waals surface area contributed by atoms with Crippen LogP contribution in [0.2, 0.25) is 0 Å². The van der Waals surface area contributed by atoms with Crippen molar-refractivity contribution in [2.75, 3.05) is 0 Å². The number of benzene rings is 2. The normalized spacial score (nSPS) is 11.2. The Morgan fingerprint density at radius 3 is 2.48 bits per heavy atom. The van der Waals surface area contributed by atoms with E-state index in [-0.39, 0.29) is 11.5 Å². The summed E-state index contributed by atoms with van der Waals surface area (Å²) < 4.78 is 18.4. The average molecular weight is 310 g/mol. The number of rotatable bonds is 4. The van der Waals surface area contributed by atoms with Gasteiger partial charge in [-0.1, -0.05) is 6.07 Å². The molecule has 0 saturated carbocycles. The number of carboxylic acids is 1. The summed E-state index contributed by atoms with van der Waals surface area (Å²) in [6.07, 6.45) is 2.49. The highest BCUT2D eigenvalue weighted by atomic mass is 19.1. The predicted octanol–water partition coefficient (Wildman–Crippen LogP) is 3.90. The van der Waals surface area contributed by atoms with E-state index in [9.17, 15) is 14.0 Å². The van der Waals surface area contributed by atoms with E-state index in [1.807, 2.05) is 0 Å². The summed E-state index contributed by atoms with van der Waals surface area (Å²) in [4.78, 5) is 22.9. The van der Waals surface area contributed by atoms with E-state index in [4.69, 9.17) is 9.52 Å². The number of carboxylic acid groups (broad SMARTS) is 1. The lowest BCUT2D eigenvalue weighted by Gasteiger charge is -1.96. The fourth-order valence-corrected chi connectivity index (χ4v) is 2.19. The molecule has 0 aliphatic carbocycles. The molecule has 0 radical (unpaired) electrons. The molecule has 0 spiro atoms. The Hall–Kier alpha value is -3.21. The third-order valence-electron chi connectivity index (χ3n) is 3.29. The van der Waals surface area contributed by atoms with Crippen LogP contribution in [0.3, 0.4) is 0 Å². The quantitative estimate of drug-likeness (QED) is 0.586. The molecule has 4 nitrogen and oxygen atoms in total. The van der Waals surface area contributed by atoms with Gasteiger partial charge in [0.15, 0.2) is 5.76 Å². The second kappa shape index (κ2) is 5.88. The minimum absolute atomic E-state index is 0.144. The SMILES string of the molecule is O=C(O)/C=C/c1ccc2oc(C(=O)c3ccc(F)cc3)cc2c1. The van der Waals surface area contributed by atoms with Crippen molar-refractivity contribution in [1.29, 1.82) is 0 Å². The van der Waals surface area contributed by atoms with Crippen LogP contribution in [-0.2, 0) is 4.79 Å². The maximum absolute atomic E-state index is 12.9. The largest absolute Gasteiger partial charge is 0.478 e. The van der Waals surface area contributed by atoms with Gasteiger partial charge in [-0.25, -0.2) is 9.18 Å². The van der Waals surface area contributed by atoms with Crippen molar-refractivity contribution >= 4 is 28.8 Å². The first-order valence-electron chi connectivity index (χ1n) is 6.78. The number of furan rings is 1. The molecule has 114 valence electrons. The third kappa shape index (κ3) is 3.18. The highest BCUT2D eigenvalue weighted by Crippen LogP contribution is 2.23. The zero-order valence-electron chi connectivity index (χ0n) is 11.8.